The molecule has 0 bridgehead atoms. The highest BCUT2D eigenvalue weighted by Crippen LogP contribution is 2.29. The number of anilines is 2. The van der Waals surface area contributed by atoms with E-state index in [0.717, 1.165) is 17.7 Å². The second kappa shape index (κ2) is 12.4. The fraction of sp³-hybridized carbons (Fsp3) is 0.367. The second-order valence-corrected chi connectivity index (χ2v) is 9.32. The molecule has 1 atom stereocenters. The smallest absolute Gasteiger partial charge is 0.291 e. The topological polar surface area (TPSA) is 86.1 Å². The summed E-state index contributed by atoms with van der Waals surface area (Å²) in [6, 6.07) is 18.6. The van der Waals surface area contributed by atoms with E-state index in [1.807, 2.05) is 62.1 Å². The van der Waals surface area contributed by atoms with E-state index in [1.165, 1.54) is 6.26 Å². The Morgan fingerprint density at radius 1 is 0.921 bits per heavy atom. The molecule has 8 heteroatoms. The number of carbonyl (C=O) groups excluding carboxylic acids is 3. The number of rotatable bonds is 9. The third-order valence-corrected chi connectivity index (χ3v) is 7.12. The van der Waals surface area contributed by atoms with Gasteiger partial charge in [0.25, 0.3) is 11.8 Å². The first-order valence-corrected chi connectivity index (χ1v) is 13.3. The van der Waals surface area contributed by atoms with Gasteiger partial charge in [0.1, 0.15) is 0 Å². The van der Waals surface area contributed by atoms with Crippen LogP contribution in [0.5, 0.6) is 0 Å². The van der Waals surface area contributed by atoms with Crippen molar-refractivity contribution in [3.63, 3.8) is 0 Å². The summed E-state index contributed by atoms with van der Waals surface area (Å²) < 4.78 is 5.19. The minimum atomic E-state index is -0.375. The summed E-state index contributed by atoms with van der Waals surface area (Å²) >= 11 is 0. The lowest BCUT2D eigenvalue weighted by Crippen LogP contribution is -2.50. The summed E-state index contributed by atoms with van der Waals surface area (Å²) in [5.41, 5.74) is 2.90. The molecule has 1 aliphatic rings. The van der Waals surface area contributed by atoms with Gasteiger partial charge in [-0.1, -0.05) is 37.3 Å². The molecule has 0 radical (unpaired) electrons. The van der Waals surface area contributed by atoms with E-state index in [-0.39, 0.29) is 29.4 Å². The molecule has 0 saturated carbocycles. The van der Waals surface area contributed by atoms with E-state index < -0.39 is 0 Å². The monoisotopic (exact) mass is 516 g/mol. The lowest BCUT2D eigenvalue weighted by Gasteiger charge is -2.38. The number of carbonyl (C=O) groups is 3. The van der Waals surface area contributed by atoms with Crippen molar-refractivity contribution in [2.75, 3.05) is 49.5 Å². The Labute approximate surface area is 224 Å². The number of nitrogens with one attached hydrogen (secondary N) is 1. The van der Waals surface area contributed by atoms with Gasteiger partial charge in [-0.05, 0) is 56.2 Å². The van der Waals surface area contributed by atoms with E-state index in [2.05, 4.69) is 10.2 Å². The fourth-order valence-corrected chi connectivity index (χ4v) is 4.97. The van der Waals surface area contributed by atoms with Gasteiger partial charge in [-0.3, -0.25) is 14.4 Å². The number of hydrogen-bond donors (Lipinski definition) is 1. The molecule has 1 saturated heterocycles. The molecule has 2 aromatic carbocycles. The van der Waals surface area contributed by atoms with Crippen LogP contribution in [0.2, 0.25) is 0 Å². The molecule has 4 rings (SSSR count). The van der Waals surface area contributed by atoms with Crippen molar-refractivity contribution in [1.82, 2.24) is 9.80 Å². The summed E-state index contributed by atoms with van der Waals surface area (Å²) in [5, 5.41) is 2.83. The molecular weight excluding hydrogens is 480 g/mol. The summed E-state index contributed by atoms with van der Waals surface area (Å²) in [5.74, 6) is -0.270. The van der Waals surface area contributed by atoms with Gasteiger partial charge < -0.3 is 24.4 Å². The Bertz CT molecular complexity index is 1230. The quantitative estimate of drug-likeness (QED) is 0.439. The van der Waals surface area contributed by atoms with Gasteiger partial charge in [-0.15, -0.1) is 0 Å². The maximum atomic E-state index is 13.5. The average molecular weight is 517 g/mol. The van der Waals surface area contributed by atoms with Crippen LogP contribution in [0, 0.1) is 0 Å². The normalized spacial score (nSPS) is 14.2. The lowest BCUT2D eigenvalue weighted by molar-refractivity contribution is -0.133. The molecule has 8 nitrogen and oxygen atoms in total. The summed E-state index contributed by atoms with van der Waals surface area (Å²) in [4.78, 5) is 45.2. The molecule has 1 aromatic heterocycles. The van der Waals surface area contributed by atoms with E-state index in [9.17, 15) is 14.4 Å². The van der Waals surface area contributed by atoms with Crippen LogP contribution in [0.3, 0.4) is 0 Å². The Balaban J connectivity index is 1.52. The number of nitrogens with zero attached hydrogens (tertiary/aromatic N) is 3. The van der Waals surface area contributed by atoms with Crippen LogP contribution in [-0.4, -0.2) is 66.8 Å². The van der Waals surface area contributed by atoms with Gasteiger partial charge >= 0.3 is 0 Å². The van der Waals surface area contributed by atoms with Crippen LogP contribution in [0.25, 0.3) is 0 Å². The van der Waals surface area contributed by atoms with Gasteiger partial charge in [-0.25, -0.2) is 0 Å². The molecule has 0 spiro atoms. The zero-order chi connectivity index (χ0) is 27.1. The third-order valence-electron chi connectivity index (χ3n) is 7.12. The van der Waals surface area contributed by atoms with Crippen LogP contribution in [-0.2, 0) is 4.79 Å². The van der Waals surface area contributed by atoms with Crippen LogP contribution in [0.1, 0.15) is 59.6 Å². The standard InChI is InChI=1S/C30H36N4O4/c1-4-24(22-11-8-7-9-12-22)29(36)34-18-16-33(17-19-34)26-15-14-23(31-28(35)27-13-10-20-38-27)21-25(26)30(37)32(5-2)6-3/h7-15,20-21,24H,4-6,16-19H2,1-3H3,(H,31,35)/t24-/m0/s1. The highest BCUT2D eigenvalue weighted by molar-refractivity contribution is 6.05. The van der Waals surface area contributed by atoms with Crippen molar-refractivity contribution >= 4 is 29.1 Å². The number of furan rings is 1. The predicted octanol–water partition coefficient (Wildman–Crippen LogP) is 4.86. The first-order chi connectivity index (χ1) is 18.5. The maximum Gasteiger partial charge on any atom is 0.291 e. The second-order valence-electron chi connectivity index (χ2n) is 9.32. The Morgan fingerprint density at radius 2 is 1.63 bits per heavy atom. The first kappa shape index (κ1) is 27.0. The van der Waals surface area contributed by atoms with Crippen LogP contribution >= 0.6 is 0 Å². The van der Waals surface area contributed by atoms with E-state index in [1.54, 1.807) is 29.2 Å². The van der Waals surface area contributed by atoms with Gasteiger partial charge in [-0.2, -0.15) is 0 Å². The molecule has 0 aliphatic carbocycles. The maximum absolute atomic E-state index is 13.5. The number of amides is 3. The largest absolute Gasteiger partial charge is 0.459 e. The van der Waals surface area contributed by atoms with Gasteiger partial charge in [0.15, 0.2) is 5.76 Å². The molecule has 2 heterocycles. The highest BCUT2D eigenvalue weighted by Gasteiger charge is 2.29. The number of hydrogen-bond acceptors (Lipinski definition) is 5. The SMILES string of the molecule is CC[C@H](C(=O)N1CCN(c2ccc(NC(=O)c3ccco3)cc2C(=O)N(CC)CC)CC1)c1ccccc1. The summed E-state index contributed by atoms with van der Waals surface area (Å²) in [7, 11) is 0. The molecule has 1 aliphatic heterocycles. The van der Waals surface area contributed by atoms with Gasteiger partial charge in [0.05, 0.1) is 17.7 Å². The van der Waals surface area contributed by atoms with E-state index in [4.69, 9.17) is 4.42 Å². The van der Waals surface area contributed by atoms with Crippen LogP contribution in [0.4, 0.5) is 11.4 Å². The van der Waals surface area contributed by atoms with E-state index in [0.29, 0.717) is 50.5 Å². The molecule has 3 amide bonds. The molecule has 1 fully saturated rings. The highest BCUT2D eigenvalue weighted by atomic mass is 16.3. The minimum Gasteiger partial charge on any atom is -0.459 e. The molecule has 200 valence electrons. The average Bonchev–Trinajstić information content (AvgIpc) is 3.50. The molecule has 3 aromatic rings. The van der Waals surface area contributed by atoms with Crippen molar-refractivity contribution in [3.8, 4) is 0 Å². The summed E-state index contributed by atoms with van der Waals surface area (Å²) in [6.45, 7) is 9.51. The summed E-state index contributed by atoms with van der Waals surface area (Å²) in [6.07, 6.45) is 2.19. The molecular formula is C30H36N4O4. The zero-order valence-electron chi connectivity index (χ0n) is 22.4. The number of benzene rings is 2. The Kier molecular flexibility index (Phi) is 8.84. The zero-order valence-corrected chi connectivity index (χ0v) is 22.4. The predicted molar refractivity (Wildman–Crippen MR) is 149 cm³/mol. The van der Waals surface area contributed by atoms with Crippen molar-refractivity contribution in [2.24, 2.45) is 0 Å². The van der Waals surface area contributed by atoms with Gasteiger partial charge in [0.2, 0.25) is 5.91 Å². The molecule has 38 heavy (non-hydrogen) atoms. The first-order valence-electron chi connectivity index (χ1n) is 13.3. The van der Waals surface area contributed by atoms with Crippen molar-refractivity contribution in [3.05, 3.63) is 83.8 Å². The van der Waals surface area contributed by atoms with Crippen LogP contribution < -0.4 is 10.2 Å². The minimum absolute atomic E-state index is 0.0901. The molecule has 0 unspecified atom stereocenters. The number of piperazine rings is 1. The van der Waals surface area contributed by atoms with Crippen molar-refractivity contribution < 1.29 is 18.8 Å². The third kappa shape index (κ3) is 5.90. The Morgan fingerprint density at radius 3 is 2.24 bits per heavy atom. The molecule has 1 N–H and O–H groups in total. The van der Waals surface area contributed by atoms with Gasteiger partial charge in [0, 0.05) is 50.6 Å². The Hall–Kier alpha value is -4.07. The fourth-order valence-electron chi connectivity index (χ4n) is 4.97. The van der Waals surface area contributed by atoms with Crippen molar-refractivity contribution in [2.45, 2.75) is 33.1 Å². The lowest BCUT2D eigenvalue weighted by atomic mass is 9.94. The van der Waals surface area contributed by atoms with E-state index >= 15 is 0 Å². The van der Waals surface area contributed by atoms with Crippen LogP contribution in [0.15, 0.2) is 71.3 Å². The van der Waals surface area contributed by atoms with Crippen molar-refractivity contribution in [1.29, 1.82) is 0 Å².